The van der Waals surface area contributed by atoms with Crippen molar-refractivity contribution in [1.29, 1.82) is 0 Å². The van der Waals surface area contributed by atoms with Crippen molar-refractivity contribution >= 4 is 23.4 Å². The average Bonchev–Trinajstić information content (AvgIpc) is 2.15. The number of hydrogen-bond acceptors (Lipinski definition) is 2. The van der Waals surface area contributed by atoms with Gasteiger partial charge in [0, 0.05) is 11.9 Å². The third kappa shape index (κ3) is 4.01. The van der Waals surface area contributed by atoms with Crippen molar-refractivity contribution in [3.8, 4) is 0 Å². The summed E-state index contributed by atoms with van der Waals surface area (Å²) >= 11 is 7.83. The number of unbranched alkanes of at least 4 members (excludes halogenated alkanes) is 1. The van der Waals surface area contributed by atoms with E-state index in [1.165, 1.54) is 18.6 Å². The molecule has 0 spiro atoms. The summed E-state index contributed by atoms with van der Waals surface area (Å²) in [5.74, 6) is 2.19. The van der Waals surface area contributed by atoms with E-state index in [4.69, 9.17) is 11.6 Å². The number of rotatable bonds is 5. The number of aromatic nitrogens is 1. The van der Waals surface area contributed by atoms with Crippen LogP contribution in [0, 0.1) is 0 Å². The van der Waals surface area contributed by atoms with Gasteiger partial charge in [-0.05, 0) is 23.8 Å². The Morgan fingerprint density at radius 2 is 2.38 bits per heavy atom. The van der Waals surface area contributed by atoms with Crippen LogP contribution in [0.5, 0.6) is 0 Å². The van der Waals surface area contributed by atoms with Gasteiger partial charge < -0.3 is 0 Å². The van der Waals surface area contributed by atoms with Gasteiger partial charge in [-0.25, -0.2) is 4.98 Å². The van der Waals surface area contributed by atoms with Crippen LogP contribution in [0.25, 0.3) is 0 Å². The first kappa shape index (κ1) is 10.9. The van der Waals surface area contributed by atoms with Crippen molar-refractivity contribution in [3.05, 3.63) is 29.0 Å². The molecule has 1 aromatic rings. The fourth-order valence-corrected chi connectivity index (χ4v) is 2.31. The molecule has 72 valence electrons. The predicted molar refractivity (Wildman–Crippen MR) is 60.3 cm³/mol. The molecule has 3 heteroatoms. The lowest BCUT2D eigenvalue weighted by Gasteiger charge is -2.01. The van der Waals surface area contributed by atoms with Gasteiger partial charge in [-0.1, -0.05) is 31.0 Å². The first-order chi connectivity index (χ1) is 6.34. The van der Waals surface area contributed by atoms with Crippen LogP contribution in [0.1, 0.15) is 25.3 Å². The topological polar surface area (TPSA) is 12.9 Å². The lowest BCUT2D eigenvalue weighted by atomic mass is 10.3. The third-order valence-electron chi connectivity index (χ3n) is 1.74. The molecular formula is C10H14ClNS. The van der Waals surface area contributed by atoms with Crippen LogP contribution in [0.15, 0.2) is 18.3 Å². The SMILES string of the molecule is CCCCSCc1cccnc1Cl. The Morgan fingerprint density at radius 3 is 3.08 bits per heavy atom. The molecule has 1 heterocycles. The Hall–Kier alpha value is -0.210. The minimum atomic E-state index is 0.645. The molecule has 1 nitrogen and oxygen atoms in total. The van der Waals surface area contributed by atoms with Gasteiger partial charge in [0.1, 0.15) is 5.15 Å². The smallest absolute Gasteiger partial charge is 0.133 e. The summed E-state index contributed by atoms with van der Waals surface area (Å²) in [5, 5.41) is 0.645. The Balaban J connectivity index is 2.32. The van der Waals surface area contributed by atoms with E-state index in [0.29, 0.717) is 5.15 Å². The van der Waals surface area contributed by atoms with Gasteiger partial charge in [-0.15, -0.1) is 0 Å². The molecule has 1 aromatic heterocycles. The third-order valence-corrected chi connectivity index (χ3v) is 3.17. The van der Waals surface area contributed by atoms with Gasteiger partial charge in [-0.3, -0.25) is 0 Å². The molecule has 0 amide bonds. The molecule has 0 atom stereocenters. The maximum atomic E-state index is 5.91. The lowest BCUT2D eigenvalue weighted by molar-refractivity contribution is 0.896. The quantitative estimate of drug-likeness (QED) is 0.548. The maximum absolute atomic E-state index is 5.91. The van der Waals surface area contributed by atoms with E-state index in [-0.39, 0.29) is 0 Å². The van der Waals surface area contributed by atoms with E-state index < -0.39 is 0 Å². The van der Waals surface area contributed by atoms with E-state index in [1.807, 2.05) is 23.9 Å². The summed E-state index contributed by atoms with van der Waals surface area (Å²) in [7, 11) is 0. The molecule has 0 N–H and O–H groups in total. The van der Waals surface area contributed by atoms with Crippen molar-refractivity contribution in [1.82, 2.24) is 4.98 Å². The summed E-state index contributed by atoms with van der Waals surface area (Å²) in [4.78, 5) is 4.03. The molecule has 0 saturated carbocycles. The van der Waals surface area contributed by atoms with Crippen molar-refractivity contribution in [2.75, 3.05) is 5.75 Å². The summed E-state index contributed by atoms with van der Waals surface area (Å²) in [5.41, 5.74) is 1.14. The number of halogens is 1. The second-order valence-corrected chi connectivity index (χ2v) is 4.32. The number of hydrogen-bond donors (Lipinski definition) is 0. The minimum absolute atomic E-state index is 0.645. The van der Waals surface area contributed by atoms with Crippen molar-refractivity contribution in [2.24, 2.45) is 0 Å². The largest absolute Gasteiger partial charge is 0.244 e. The van der Waals surface area contributed by atoms with E-state index in [0.717, 1.165) is 11.3 Å². The zero-order valence-electron chi connectivity index (χ0n) is 7.79. The van der Waals surface area contributed by atoms with Gasteiger partial charge in [-0.2, -0.15) is 11.8 Å². The first-order valence-corrected chi connectivity index (χ1v) is 6.05. The Bertz CT molecular complexity index is 252. The molecule has 0 radical (unpaired) electrons. The maximum Gasteiger partial charge on any atom is 0.133 e. The highest BCUT2D eigenvalue weighted by atomic mass is 35.5. The van der Waals surface area contributed by atoms with Crippen LogP contribution in [-0.2, 0) is 5.75 Å². The van der Waals surface area contributed by atoms with Crippen LogP contribution < -0.4 is 0 Å². The highest BCUT2D eigenvalue weighted by Gasteiger charge is 1.99. The van der Waals surface area contributed by atoms with E-state index in [1.54, 1.807) is 6.20 Å². The Morgan fingerprint density at radius 1 is 1.54 bits per heavy atom. The predicted octanol–water partition coefficient (Wildman–Crippen LogP) is 3.77. The van der Waals surface area contributed by atoms with Crippen LogP contribution in [0.4, 0.5) is 0 Å². The lowest BCUT2D eigenvalue weighted by Crippen LogP contribution is -1.86. The standard InChI is InChI=1S/C10H14ClNS/c1-2-3-7-13-8-9-5-4-6-12-10(9)11/h4-6H,2-3,7-8H2,1H3. The Labute approximate surface area is 88.9 Å². The minimum Gasteiger partial charge on any atom is -0.244 e. The summed E-state index contributed by atoms with van der Waals surface area (Å²) in [6, 6.07) is 3.97. The van der Waals surface area contributed by atoms with Crippen LogP contribution in [0.3, 0.4) is 0 Å². The highest BCUT2D eigenvalue weighted by Crippen LogP contribution is 2.19. The van der Waals surface area contributed by atoms with Crippen LogP contribution in [-0.4, -0.2) is 10.7 Å². The number of thioether (sulfide) groups is 1. The summed E-state index contributed by atoms with van der Waals surface area (Å²) in [6.45, 7) is 2.21. The van der Waals surface area contributed by atoms with Gasteiger partial charge in [0.25, 0.3) is 0 Å². The van der Waals surface area contributed by atoms with E-state index >= 15 is 0 Å². The second kappa shape index (κ2) is 6.28. The molecule has 0 unspecified atom stereocenters. The summed E-state index contributed by atoms with van der Waals surface area (Å²) in [6.07, 6.45) is 4.26. The van der Waals surface area contributed by atoms with Gasteiger partial charge in [0.05, 0.1) is 0 Å². The molecule has 13 heavy (non-hydrogen) atoms. The molecule has 0 aromatic carbocycles. The average molecular weight is 216 g/mol. The van der Waals surface area contributed by atoms with Crippen LogP contribution >= 0.6 is 23.4 Å². The zero-order chi connectivity index (χ0) is 9.52. The molecule has 0 fully saturated rings. The molecule has 0 aliphatic carbocycles. The van der Waals surface area contributed by atoms with E-state index in [2.05, 4.69) is 11.9 Å². The fraction of sp³-hybridized carbons (Fsp3) is 0.500. The van der Waals surface area contributed by atoms with Gasteiger partial charge in [0.2, 0.25) is 0 Å². The monoisotopic (exact) mass is 215 g/mol. The van der Waals surface area contributed by atoms with Crippen LogP contribution in [0.2, 0.25) is 5.15 Å². The van der Waals surface area contributed by atoms with Gasteiger partial charge in [0.15, 0.2) is 0 Å². The molecule has 0 aliphatic rings. The van der Waals surface area contributed by atoms with Crippen molar-refractivity contribution in [2.45, 2.75) is 25.5 Å². The molecule has 1 rings (SSSR count). The first-order valence-electron chi connectivity index (χ1n) is 4.51. The Kier molecular flexibility index (Phi) is 5.25. The highest BCUT2D eigenvalue weighted by molar-refractivity contribution is 7.98. The number of pyridine rings is 1. The van der Waals surface area contributed by atoms with Crippen molar-refractivity contribution in [3.63, 3.8) is 0 Å². The van der Waals surface area contributed by atoms with E-state index in [9.17, 15) is 0 Å². The summed E-state index contributed by atoms with van der Waals surface area (Å²) < 4.78 is 0. The van der Waals surface area contributed by atoms with Crippen molar-refractivity contribution < 1.29 is 0 Å². The van der Waals surface area contributed by atoms with Gasteiger partial charge >= 0.3 is 0 Å². The molecule has 0 bridgehead atoms. The zero-order valence-corrected chi connectivity index (χ0v) is 9.37. The fourth-order valence-electron chi connectivity index (χ4n) is 0.956. The molecule has 0 saturated heterocycles. The normalized spacial score (nSPS) is 10.3. The molecular weight excluding hydrogens is 202 g/mol. The second-order valence-electron chi connectivity index (χ2n) is 2.86. The number of nitrogens with zero attached hydrogens (tertiary/aromatic N) is 1. The molecule has 0 aliphatic heterocycles.